The Bertz CT molecular complexity index is 870. The monoisotopic (exact) mass is 443 g/mol. The van der Waals surface area contributed by atoms with Crippen molar-refractivity contribution in [1.29, 1.82) is 0 Å². The summed E-state index contributed by atoms with van der Waals surface area (Å²) in [7, 11) is 3.14. The van der Waals surface area contributed by atoms with E-state index in [0.29, 0.717) is 32.2 Å². The average Bonchev–Trinajstić information content (AvgIpc) is 2.61. The molecule has 2 N–H and O–H groups in total. The fraction of sp³-hybridized carbons (Fsp3) is 0.263. The van der Waals surface area contributed by atoms with Crippen LogP contribution in [-0.4, -0.2) is 44.0 Å². The van der Waals surface area contributed by atoms with Gasteiger partial charge in [0.05, 0.1) is 41.6 Å². The molecule has 2 aromatic carbocycles. The Labute approximate surface area is 178 Å². The van der Waals surface area contributed by atoms with Gasteiger partial charge in [-0.05, 0) is 37.7 Å². The first kappa shape index (κ1) is 22.3. The average molecular weight is 445 g/mol. The number of anilines is 2. The number of carbonyl (C=O) groups is 2. The van der Waals surface area contributed by atoms with Gasteiger partial charge >= 0.3 is 0 Å². The van der Waals surface area contributed by atoms with E-state index in [1.165, 1.54) is 7.11 Å². The van der Waals surface area contributed by atoms with Crippen LogP contribution in [0.4, 0.5) is 11.4 Å². The number of hydrogen-bond acceptors (Lipinski definition) is 4. The molecule has 0 aromatic heterocycles. The Morgan fingerprint density at radius 3 is 2.14 bits per heavy atom. The van der Waals surface area contributed by atoms with Crippen LogP contribution in [0.2, 0.25) is 15.1 Å². The van der Waals surface area contributed by atoms with Crippen LogP contribution in [0.3, 0.4) is 0 Å². The predicted octanol–water partition coefficient (Wildman–Crippen LogP) is 4.47. The van der Waals surface area contributed by atoms with Gasteiger partial charge in [-0.25, -0.2) is 0 Å². The molecule has 0 aliphatic rings. The highest BCUT2D eigenvalue weighted by atomic mass is 35.5. The van der Waals surface area contributed by atoms with Crippen LogP contribution < -0.4 is 15.4 Å². The molecule has 9 heteroatoms. The quantitative estimate of drug-likeness (QED) is 0.661. The number of ether oxygens (including phenoxy) is 1. The molecule has 0 saturated heterocycles. The maximum absolute atomic E-state index is 12.3. The zero-order valence-corrected chi connectivity index (χ0v) is 17.9. The zero-order valence-electron chi connectivity index (χ0n) is 15.6. The number of benzene rings is 2. The molecule has 2 aromatic rings. The molecule has 0 aliphatic heterocycles. The highest BCUT2D eigenvalue weighted by Gasteiger charge is 2.15. The first-order valence-electron chi connectivity index (χ1n) is 8.27. The van der Waals surface area contributed by atoms with E-state index < -0.39 is 0 Å². The molecular weight excluding hydrogens is 425 g/mol. The summed E-state index contributed by atoms with van der Waals surface area (Å²) in [6.07, 6.45) is 0. The number of aryl methyl sites for hydroxylation is 1. The van der Waals surface area contributed by atoms with Gasteiger partial charge < -0.3 is 15.4 Å². The molecule has 0 heterocycles. The van der Waals surface area contributed by atoms with Gasteiger partial charge in [0.2, 0.25) is 11.8 Å². The minimum atomic E-state index is -0.342. The van der Waals surface area contributed by atoms with Crippen LogP contribution in [0.5, 0.6) is 5.75 Å². The lowest BCUT2D eigenvalue weighted by Crippen LogP contribution is -2.36. The first-order valence-corrected chi connectivity index (χ1v) is 9.41. The van der Waals surface area contributed by atoms with Gasteiger partial charge in [-0.15, -0.1) is 0 Å². The molecule has 28 heavy (non-hydrogen) atoms. The number of nitrogens with one attached hydrogen (secondary N) is 2. The van der Waals surface area contributed by atoms with Crippen molar-refractivity contribution in [2.45, 2.75) is 6.92 Å². The number of likely N-dealkylation sites (N-methyl/N-ethyl adjacent to an activating group) is 1. The highest BCUT2D eigenvalue weighted by Crippen LogP contribution is 2.31. The summed E-state index contributed by atoms with van der Waals surface area (Å²) < 4.78 is 5.24. The van der Waals surface area contributed by atoms with E-state index in [0.717, 1.165) is 5.56 Å². The molecule has 0 aliphatic carbocycles. The maximum Gasteiger partial charge on any atom is 0.238 e. The van der Waals surface area contributed by atoms with Gasteiger partial charge in [-0.3, -0.25) is 14.5 Å². The number of methoxy groups -OCH3 is 1. The Kier molecular flexibility index (Phi) is 7.95. The van der Waals surface area contributed by atoms with E-state index in [-0.39, 0.29) is 24.9 Å². The molecule has 6 nitrogen and oxygen atoms in total. The number of halogens is 3. The summed E-state index contributed by atoms with van der Waals surface area (Å²) in [5, 5.41) is 6.64. The summed E-state index contributed by atoms with van der Waals surface area (Å²) in [5.74, 6) is -0.186. The predicted molar refractivity (Wildman–Crippen MR) is 114 cm³/mol. The Hall–Kier alpha value is -1.99. The molecule has 2 rings (SSSR count). The van der Waals surface area contributed by atoms with Crippen LogP contribution in [0, 0.1) is 6.92 Å². The van der Waals surface area contributed by atoms with Crippen molar-refractivity contribution < 1.29 is 14.3 Å². The number of carbonyl (C=O) groups excluding carboxylic acids is 2. The third-order valence-electron chi connectivity index (χ3n) is 3.81. The van der Waals surface area contributed by atoms with Gasteiger partial charge in [0.15, 0.2) is 0 Å². The molecule has 150 valence electrons. The van der Waals surface area contributed by atoms with Gasteiger partial charge in [0, 0.05) is 11.1 Å². The Balaban J connectivity index is 1.94. The molecule has 0 spiro atoms. The summed E-state index contributed by atoms with van der Waals surface area (Å²) in [6.45, 7) is 1.80. The third-order valence-corrected chi connectivity index (χ3v) is 4.85. The lowest BCUT2D eigenvalue weighted by Gasteiger charge is -2.18. The summed E-state index contributed by atoms with van der Waals surface area (Å²) in [4.78, 5) is 26.1. The lowest BCUT2D eigenvalue weighted by atomic mass is 10.2. The summed E-state index contributed by atoms with van der Waals surface area (Å²) in [5.41, 5.74) is 1.66. The molecule has 0 radical (unpaired) electrons. The van der Waals surface area contributed by atoms with Crippen molar-refractivity contribution in [3.05, 3.63) is 51.0 Å². The van der Waals surface area contributed by atoms with E-state index in [1.54, 1.807) is 42.3 Å². The number of para-hydroxylation sites is 1. The van der Waals surface area contributed by atoms with E-state index >= 15 is 0 Å². The van der Waals surface area contributed by atoms with Crippen molar-refractivity contribution in [2.75, 3.05) is 37.9 Å². The van der Waals surface area contributed by atoms with Gasteiger partial charge in [0.25, 0.3) is 0 Å². The second-order valence-electron chi connectivity index (χ2n) is 6.17. The van der Waals surface area contributed by atoms with Crippen LogP contribution >= 0.6 is 34.8 Å². The van der Waals surface area contributed by atoms with Crippen molar-refractivity contribution in [1.82, 2.24) is 4.90 Å². The molecule has 0 unspecified atom stereocenters. The smallest absolute Gasteiger partial charge is 0.238 e. The van der Waals surface area contributed by atoms with E-state index in [2.05, 4.69) is 10.6 Å². The molecule has 0 fully saturated rings. The van der Waals surface area contributed by atoms with Crippen LogP contribution in [0.15, 0.2) is 30.3 Å². The molecule has 0 bridgehead atoms. The minimum absolute atomic E-state index is 0.00545. The standard InChI is InChI=1S/C19H20Cl3N3O3/c1-11-7-15(16(28-3)8-14(11)22)23-17(26)9-25(2)10-18(27)24-19-12(20)5-4-6-13(19)21/h4-8H,9-10H2,1-3H3,(H,23,26)(H,24,27). The topological polar surface area (TPSA) is 70.7 Å². The fourth-order valence-electron chi connectivity index (χ4n) is 2.46. The van der Waals surface area contributed by atoms with E-state index in [4.69, 9.17) is 39.5 Å². The normalized spacial score (nSPS) is 10.7. The van der Waals surface area contributed by atoms with Crippen LogP contribution in [0.1, 0.15) is 5.56 Å². The molecular formula is C19H20Cl3N3O3. The minimum Gasteiger partial charge on any atom is -0.495 e. The van der Waals surface area contributed by atoms with Crippen molar-refractivity contribution in [3.8, 4) is 5.75 Å². The molecule has 0 saturated carbocycles. The van der Waals surface area contributed by atoms with Crippen molar-refractivity contribution in [3.63, 3.8) is 0 Å². The summed E-state index contributed by atoms with van der Waals surface area (Å²) in [6, 6.07) is 8.30. The van der Waals surface area contributed by atoms with Gasteiger partial charge in [-0.1, -0.05) is 40.9 Å². The number of hydrogen-bond donors (Lipinski definition) is 2. The van der Waals surface area contributed by atoms with E-state index in [1.807, 2.05) is 6.92 Å². The Morgan fingerprint density at radius 2 is 1.57 bits per heavy atom. The first-order chi connectivity index (χ1) is 13.2. The fourth-order valence-corrected chi connectivity index (χ4v) is 3.11. The Morgan fingerprint density at radius 1 is 1.00 bits per heavy atom. The van der Waals surface area contributed by atoms with Crippen molar-refractivity contribution >= 4 is 58.0 Å². The second-order valence-corrected chi connectivity index (χ2v) is 7.39. The zero-order chi connectivity index (χ0) is 20.8. The number of amides is 2. The van der Waals surface area contributed by atoms with E-state index in [9.17, 15) is 9.59 Å². The SMILES string of the molecule is COc1cc(Cl)c(C)cc1NC(=O)CN(C)CC(=O)Nc1c(Cl)cccc1Cl. The highest BCUT2D eigenvalue weighted by molar-refractivity contribution is 6.39. The summed E-state index contributed by atoms with van der Waals surface area (Å²) >= 11 is 18.1. The third kappa shape index (κ3) is 6.01. The molecule has 2 amide bonds. The van der Waals surface area contributed by atoms with Gasteiger partial charge in [-0.2, -0.15) is 0 Å². The maximum atomic E-state index is 12.3. The van der Waals surface area contributed by atoms with Crippen LogP contribution in [-0.2, 0) is 9.59 Å². The largest absolute Gasteiger partial charge is 0.495 e. The number of nitrogens with zero attached hydrogens (tertiary/aromatic N) is 1. The second kappa shape index (κ2) is 9.98. The van der Waals surface area contributed by atoms with Crippen molar-refractivity contribution in [2.24, 2.45) is 0 Å². The number of rotatable bonds is 7. The van der Waals surface area contributed by atoms with Crippen LogP contribution in [0.25, 0.3) is 0 Å². The lowest BCUT2D eigenvalue weighted by molar-refractivity contribution is -0.119. The van der Waals surface area contributed by atoms with Gasteiger partial charge in [0.1, 0.15) is 5.75 Å². The molecule has 0 atom stereocenters.